The van der Waals surface area contributed by atoms with E-state index in [1.807, 2.05) is 61.2 Å². The second-order valence-corrected chi connectivity index (χ2v) is 7.07. The molecule has 4 rings (SSSR count). The first-order valence-corrected chi connectivity index (χ1v) is 9.41. The zero-order valence-corrected chi connectivity index (χ0v) is 15.6. The smallest absolute Gasteiger partial charge is 0.267 e. The molecule has 0 N–H and O–H groups in total. The molecule has 6 heteroatoms. The highest BCUT2D eigenvalue weighted by Gasteiger charge is 2.38. The number of piperidine rings is 1. The summed E-state index contributed by atoms with van der Waals surface area (Å²) in [5.74, 6) is 1.93. The number of fused-ring (bicyclic) bond motifs is 1. The van der Waals surface area contributed by atoms with Crippen molar-refractivity contribution < 1.29 is 19.0 Å². The van der Waals surface area contributed by atoms with Gasteiger partial charge in [0, 0.05) is 37.7 Å². The van der Waals surface area contributed by atoms with E-state index < -0.39 is 6.10 Å². The topological polar surface area (TPSA) is 60.9 Å². The lowest BCUT2D eigenvalue weighted by Gasteiger charge is -2.37. The Bertz CT molecular complexity index is 817. The maximum absolute atomic E-state index is 13.0. The fourth-order valence-corrected chi connectivity index (χ4v) is 3.52. The molecule has 0 aliphatic carbocycles. The van der Waals surface area contributed by atoms with Crippen LogP contribution in [0.15, 0.2) is 42.5 Å². The molecule has 1 aromatic heterocycles. The Morgan fingerprint density at radius 1 is 1.07 bits per heavy atom. The van der Waals surface area contributed by atoms with Gasteiger partial charge in [-0.3, -0.25) is 4.79 Å². The molecule has 142 valence electrons. The monoisotopic (exact) mass is 368 g/mol. The van der Waals surface area contributed by atoms with Crippen molar-refractivity contribution in [2.24, 2.45) is 0 Å². The van der Waals surface area contributed by atoms with E-state index in [1.54, 1.807) is 0 Å². The van der Waals surface area contributed by atoms with E-state index in [1.165, 1.54) is 0 Å². The predicted octanol–water partition coefficient (Wildman–Crippen LogP) is 2.99. The maximum atomic E-state index is 13.0. The predicted molar refractivity (Wildman–Crippen MR) is 100 cm³/mol. The van der Waals surface area contributed by atoms with Crippen LogP contribution in [0.4, 0.5) is 0 Å². The summed E-state index contributed by atoms with van der Waals surface area (Å²) in [5.41, 5.74) is 0.934. The first-order valence-electron chi connectivity index (χ1n) is 9.41. The highest BCUT2D eigenvalue weighted by Crippen LogP contribution is 2.34. The van der Waals surface area contributed by atoms with Crippen LogP contribution in [0.1, 0.15) is 25.5 Å². The van der Waals surface area contributed by atoms with Gasteiger partial charge in [-0.15, -0.1) is 0 Å². The molecule has 0 bridgehead atoms. The van der Waals surface area contributed by atoms with Gasteiger partial charge in [0.15, 0.2) is 11.5 Å². The van der Waals surface area contributed by atoms with Gasteiger partial charge in [0.05, 0.1) is 0 Å². The number of rotatable bonds is 3. The summed E-state index contributed by atoms with van der Waals surface area (Å²) in [6.45, 7) is 5.10. The molecule has 0 unspecified atom stereocenters. The fourth-order valence-electron chi connectivity index (χ4n) is 3.52. The Balaban J connectivity index is 1.35. The van der Waals surface area contributed by atoms with E-state index in [4.69, 9.17) is 14.2 Å². The van der Waals surface area contributed by atoms with Gasteiger partial charge in [-0.05, 0) is 32.0 Å². The quantitative estimate of drug-likeness (QED) is 0.834. The summed E-state index contributed by atoms with van der Waals surface area (Å²) >= 11 is 0. The van der Waals surface area contributed by atoms with Crippen LogP contribution in [0, 0.1) is 6.92 Å². The van der Waals surface area contributed by atoms with Crippen LogP contribution in [0.2, 0.25) is 0 Å². The van der Waals surface area contributed by atoms with E-state index in [0.29, 0.717) is 30.5 Å². The van der Waals surface area contributed by atoms with Gasteiger partial charge in [-0.2, -0.15) is 0 Å². The molecule has 2 aliphatic rings. The molecule has 1 amide bonds. The zero-order valence-electron chi connectivity index (χ0n) is 15.6. The minimum atomic E-state index is -0.615. The molecule has 6 nitrogen and oxygen atoms in total. The molecule has 0 saturated carbocycles. The summed E-state index contributed by atoms with van der Waals surface area (Å²) in [7, 11) is 0. The van der Waals surface area contributed by atoms with Gasteiger partial charge in [0.25, 0.3) is 5.91 Å². The normalized spacial score (nSPS) is 22.4. The van der Waals surface area contributed by atoms with Crippen LogP contribution >= 0.6 is 0 Å². The highest BCUT2D eigenvalue weighted by atomic mass is 16.6. The molecule has 1 aromatic carbocycles. The maximum Gasteiger partial charge on any atom is 0.267 e. The third kappa shape index (κ3) is 3.84. The number of ether oxygens (including phenoxy) is 3. The molecular weight excluding hydrogens is 344 g/mol. The summed E-state index contributed by atoms with van der Waals surface area (Å²) in [4.78, 5) is 19.2. The number of hydrogen-bond donors (Lipinski definition) is 0. The number of nitrogens with zero attached hydrogens (tertiary/aromatic N) is 2. The van der Waals surface area contributed by atoms with E-state index in [-0.39, 0.29) is 18.1 Å². The molecule has 1 saturated heterocycles. The molecule has 27 heavy (non-hydrogen) atoms. The minimum absolute atomic E-state index is 0.0240. The van der Waals surface area contributed by atoms with E-state index in [9.17, 15) is 4.79 Å². The first kappa shape index (κ1) is 17.6. The van der Waals surface area contributed by atoms with Crippen LogP contribution in [0.5, 0.6) is 17.4 Å². The Labute approximate surface area is 159 Å². The number of para-hydroxylation sites is 2. The van der Waals surface area contributed by atoms with Gasteiger partial charge in [0.2, 0.25) is 12.0 Å². The van der Waals surface area contributed by atoms with Gasteiger partial charge in [-0.1, -0.05) is 18.2 Å². The van der Waals surface area contributed by atoms with Crippen LogP contribution in [-0.2, 0) is 4.79 Å². The number of pyridine rings is 1. The standard InChI is InChI=1S/C21H24N2O4/c1-14-6-5-9-19(22-14)26-16-10-12-23(13-11-16)21(24)20-15(2)25-17-7-3-4-8-18(17)27-20/h3-9,15-16,20H,10-13H2,1-2H3/t15-,20+/m0/s1. The Kier molecular flexibility index (Phi) is 4.88. The summed E-state index contributed by atoms with van der Waals surface area (Å²) in [6.07, 6.45) is 0.693. The van der Waals surface area contributed by atoms with Crippen molar-refractivity contribution in [2.75, 3.05) is 13.1 Å². The second kappa shape index (κ2) is 7.47. The molecule has 1 fully saturated rings. The third-order valence-corrected chi connectivity index (χ3v) is 4.99. The molecule has 2 aliphatic heterocycles. The van der Waals surface area contributed by atoms with Crippen LogP contribution in [0.3, 0.4) is 0 Å². The number of hydrogen-bond acceptors (Lipinski definition) is 5. The number of aromatic nitrogens is 1. The van der Waals surface area contributed by atoms with E-state index in [2.05, 4.69) is 4.98 Å². The van der Waals surface area contributed by atoms with Crippen molar-refractivity contribution in [1.29, 1.82) is 0 Å². The van der Waals surface area contributed by atoms with Gasteiger partial charge in [0.1, 0.15) is 12.2 Å². The Morgan fingerprint density at radius 2 is 1.78 bits per heavy atom. The van der Waals surface area contributed by atoms with Crippen molar-refractivity contribution in [3.63, 3.8) is 0 Å². The highest BCUT2D eigenvalue weighted by molar-refractivity contribution is 5.82. The summed E-state index contributed by atoms with van der Waals surface area (Å²) in [6, 6.07) is 13.2. The lowest BCUT2D eigenvalue weighted by atomic mass is 10.1. The SMILES string of the molecule is Cc1cccc(OC2CCN(C(=O)[C@@H]3Oc4ccccc4O[C@H]3C)CC2)n1. The second-order valence-electron chi connectivity index (χ2n) is 7.07. The number of likely N-dealkylation sites (tertiary alicyclic amines) is 1. The minimum Gasteiger partial charge on any atom is -0.482 e. The first-order chi connectivity index (χ1) is 13.1. The lowest BCUT2D eigenvalue weighted by molar-refractivity contribution is -0.146. The van der Waals surface area contributed by atoms with Crippen molar-refractivity contribution in [3.8, 4) is 17.4 Å². The summed E-state index contributed by atoms with van der Waals surface area (Å²) in [5, 5.41) is 0. The van der Waals surface area contributed by atoms with Gasteiger partial charge < -0.3 is 19.1 Å². The van der Waals surface area contributed by atoms with Crippen LogP contribution in [0.25, 0.3) is 0 Å². The van der Waals surface area contributed by atoms with Crippen molar-refractivity contribution in [1.82, 2.24) is 9.88 Å². The van der Waals surface area contributed by atoms with Gasteiger partial charge in [-0.25, -0.2) is 4.98 Å². The molecule has 2 atom stereocenters. The molecule has 2 aromatic rings. The average molecular weight is 368 g/mol. The van der Waals surface area contributed by atoms with E-state index in [0.717, 1.165) is 18.5 Å². The fraction of sp³-hybridized carbons (Fsp3) is 0.429. The zero-order chi connectivity index (χ0) is 18.8. The molecule has 0 radical (unpaired) electrons. The molecular formula is C21H24N2O4. The number of amides is 1. The Morgan fingerprint density at radius 3 is 2.48 bits per heavy atom. The number of carbonyl (C=O) groups excluding carboxylic acids is 1. The van der Waals surface area contributed by atoms with E-state index >= 15 is 0 Å². The van der Waals surface area contributed by atoms with Gasteiger partial charge >= 0.3 is 0 Å². The number of aryl methyl sites for hydroxylation is 1. The summed E-state index contributed by atoms with van der Waals surface area (Å²) < 4.78 is 17.8. The van der Waals surface area contributed by atoms with Crippen LogP contribution in [-0.4, -0.2) is 47.2 Å². The molecule has 0 spiro atoms. The number of benzene rings is 1. The van der Waals surface area contributed by atoms with Crippen molar-refractivity contribution in [2.45, 2.75) is 45.0 Å². The average Bonchev–Trinajstić information content (AvgIpc) is 2.67. The molecule has 3 heterocycles. The Hall–Kier alpha value is -2.76. The van der Waals surface area contributed by atoms with Crippen LogP contribution < -0.4 is 14.2 Å². The lowest BCUT2D eigenvalue weighted by Crippen LogP contribution is -2.53. The van der Waals surface area contributed by atoms with Crippen molar-refractivity contribution >= 4 is 5.91 Å². The number of carbonyl (C=O) groups is 1. The third-order valence-electron chi connectivity index (χ3n) is 4.99. The largest absolute Gasteiger partial charge is 0.482 e. The van der Waals surface area contributed by atoms with Crippen molar-refractivity contribution in [3.05, 3.63) is 48.2 Å².